The molecule has 1 aromatic carbocycles. The molecular weight excluding hydrogens is 264 g/mol. The quantitative estimate of drug-likeness (QED) is 0.875. The first-order chi connectivity index (χ1) is 10.2. The van der Waals surface area contributed by atoms with Gasteiger partial charge in [0.2, 0.25) is 5.91 Å². The van der Waals surface area contributed by atoms with Crippen LogP contribution in [0, 0.1) is 0 Å². The number of carbonyl (C=O) groups is 1. The minimum Gasteiger partial charge on any atom is -0.497 e. The molecule has 1 aliphatic rings. The molecule has 4 heteroatoms. The SMILES string of the molecule is COc1ccc(CCCC(=O)N2CCCCC2CN)cc1. The lowest BCUT2D eigenvalue weighted by Gasteiger charge is -2.35. The van der Waals surface area contributed by atoms with Gasteiger partial charge in [-0.05, 0) is 49.8 Å². The Morgan fingerprint density at radius 1 is 1.33 bits per heavy atom. The fourth-order valence-electron chi connectivity index (χ4n) is 2.95. The second-order valence-electron chi connectivity index (χ2n) is 5.67. The van der Waals surface area contributed by atoms with E-state index in [9.17, 15) is 4.79 Å². The molecule has 0 spiro atoms. The summed E-state index contributed by atoms with van der Waals surface area (Å²) < 4.78 is 5.14. The second kappa shape index (κ2) is 8.03. The van der Waals surface area contributed by atoms with E-state index in [4.69, 9.17) is 10.5 Å². The Balaban J connectivity index is 1.77. The molecule has 1 heterocycles. The topological polar surface area (TPSA) is 55.6 Å². The largest absolute Gasteiger partial charge is 0.497 e. The number of likely N-dealkylation sites (tertiary alicyclic amines) is 1. The van der Waals surface area contributed by atoms with Crippen molar-refractivity contribution in [2.45, 2.75) is 44.6 Å². The van der Waals surface area contributed by atoms with E-state index in [2.05, 4.69) is 12.1 Å². The van der Waals surface area contributed by atoms with Crippen LogP contribution in [0.2, 0.25) is 0 Å². The van der Waals surface area contributed by atoms with Gasteiger partial charge in [-0.15, -0.1) is 0 Å². The summed E-state index contributed by atoms with van der Waals surface area (Å²) >= 11 is 0. The van der Waals surface area contributed by atoms with Crippen LogP contribution in [-0.2, 0) is 11.2 Å². The van der Waals surface area contributed by atoms with Crippen LogP contribution < -0.4 is 10.5 Å². The van der Waals surface area contributed by atoms with Gasteiger partial charge < -0.3 is 15.4 Å². The van der Waals surface area contributed by atoms with Crippen LogP contribution in [-0.4, -0.2) is 37.0 Å². The number of amides is 1. The molecule has 21 heavy (non-hydrogen) atoms. The third-order valence-corrected chi connectivity index (χ3v) is 4.23. The van der Waals surface area contributed by atoms with Crippen LogP contribution in [0.15, 0.2) is 24.3 Å². The van der Waals surface area contributed by atoms with Crippen molar-refractivity contribution in [3.8, 4) is 5.75 Å². The average molecular weight is 290 g/mol. The van der Waals surface area contributed by atoms with E-state index in [1.165, 1.54) is 12.0 Å². The van der Waals surface area contributed by atoms with Gasteiger partial charge in [0, 0.05) is 25.6 Å². The molecule has 1 amide bonds. The first kappa shape index (κ1) is 15.8. The number of methoxy groups -OCH3 is 1. The van der Waals surface area contributed by atoms with Crippen molar-refractivity contribution in [1.82, 2.24) is 4.90 Å². The molecule has 0 radical (unpaired) electrons. The number of benzene rings is 1. The van der Waals surface area contributed by atoms with Crippen LogP contribution in [0.1, 0.15) is 37.7 Å². The molecule has 2 N–H and O–H groups in total. The number of hydrogen-bond donors (Lipinski definition) is 1. The second-order valence-corrected chi connectivity index (χ2v) is 5.67. The summed E-state index contributed by atoms with van der Waals surface area (Å²) in [6.07, 6.45) is 5.79. The molecule has 1 atom stereocenters. The summed E-state index contributed by atoms with van der Waals surface area (Å²) in [5.41, 5.74) is 7.02. The van der Waals surface area contributed by atoms with E-state index < -0.39 is 0 Å². The molecule has 0 aromatic heterocycles. The van der Waals surface area contributed by atoms with Gasteiger partial charge in [0.05, 0.1) is 7.11 Å². The number of ether oxygens (including phenoxy) is 1. The molecule has 2 rings (SSSR count). The number of nitrogens with zero attached hydrogens (tertiary/aromatic N) is 1. The van der Waals surface area contributed by atoms with Crippen LogP contribution in [0.5, 0.6) is 5.75 Å². The fraction of sp³-hybridized carbons (Fsp3) is 0.588. The van der Waals surface area contributed by atoms with Crippen LogP contribution >= 0.6 is 0 Å². The first-order valence-corrected chi connectivity index (χ1v) is 7.87. The standard InChI is InChI=1S/C17H26N2O2/c1-21-16-10-8-14(9-11-16)5-4-7-17(20)19-12-3-2-6-15(19)13-18/h8-11,15H,2-7,12-13,18H2,1H3. The lowest BCUT2D eigenvalue weighted by Crippen LogP contribution is -2.47. The highest BCUT2D eigenvalue weighted by Crippen LogP contribution is 2.18. The molecular formula is C17H26N2O2. The maximum atomic E-state index is 12.3. The minimum absolute atomic E-state index is 0.257. The minimum atomic E-state index is 0.257. The molecule has 0 aliphatic carbocycles. The average Bonchev–Trinajstić information content (AvgIpc) is 2.55. The van der Waals surface area contributed by atoms with E-state index in [0.717, 1.165) is 38.0 Å². The van der Waals surface area contributed by atoms with E-state index in [1.54, 1.807) is 7.11 Å². The Bertz CT molecular complexity index is 445. The molecule has 1 unspecified atom stereocenters. The van der Waals surface area contributed by atoms with Crippen molar-refractivity contribution in [1.29, 1.82) is 0 Å². The Kier molecular flexibility index (Phi) is 6.05. The maximum Gasteiger partial charge on any atom is 0.222 e. The fourth-order valence-corrected chi connectivity index (χ4v) is 2.95. The normalized spacial score (nSPS) is 18.6. The number of hydrogen-bond acceptors (Lipinski definition) is 3. The molecule has 0 bridgehead atoms. The number of piperidine rings is 1. The third-order valence-electron chi connectivity index (χ3n) is 4.23. The van der Waals surface area contributed by atoms with Gasteiger partial charge in [0.1, 0.15) is 5.75 Å². The van der Waals surface area contributed by atoms with Crippen LogP contribution in [0.25, 0.3) is 0 Å². The van der Waals surface area contributed by atoms with E-state index in [1.807, 2.05) is 17.0 Å². The van der Waals surface area contributed by atoms with Crippen LogP contribution in [0.3, 0.4) is 0 Å². The van der Waals surface area contributed by atoms with Crippen molar-refractivity contribution in [3.05, 3.63) is 29.8 Å². The smallest absolute Gasteiger partial charge is 0.222 e. The molecule has 116 valence electrons. The highest BCUT2D eigenvalue weighted by atomic mass is 16.5. The Labute approximate surface area is 127 Å². The lowest BCUT2D eigenvalue weighted by molar-refractivity contribution is -0.134. The van der Waals surface area contributed by atoms with E-state index >= 15 is 0 Å². The van der Waals surface area contributed by atoms with E-state index in [-0.39, 0.29) is 11.9 Å². The molecule has 1 aliphatic heterocycles. The lowest BCUT2D eigenvalue weighted by atomic mass is 10.0. The van der Waals surface area contributed by atoms with Gasteiger partial charge in [-0.1, -0.05) is 12.1 Å². The number of nitrogens with two attached hydrogens (primary N) is 1. The van der Waals surface area contributed by atoms with Crippen molar-refractivity contribution in [2.24, 2.45) is 5.73 Å². The highest BCUT2D eigenvalue weighted by Gasteiger charge is 2.24. The van der Waals surface area contributed by atoms with Gasteiger partial charge in [-0.3, -0.25) is 4.79 Å². The van der Waals surface area contributed by atoms with Gasteiger partial charge in [-0.25, -0.2) is 0 Å². The third kappa shape index (κ3) is 4.46. The van der Waals surface area contributed by atoms with Crippen molar-refractivity contribution in [3.63, 3.8) is 0 Å². The Morgan fingerprint density at radius 2 is 2.10 bits per heavy atom. The summed E-state index contributed by atoms with van der Waals surface area (Å²) in [5, 5.41) is 0. The maximum absolute atomic E-state index is 12.3. The number of aryl methyl sites for hydroxylation is 1. The molecule has 1 saturated heterocycles. The zero-order valence-electron chi connectivity index (χ0n) is 12.9. The molecule has 0 saturated carbocycles. The van der Waals surface area contributed by atoms with Crippen molar-refractivity contribution >= 4 is 5.91 Å². The van der Waals surface area contributed by atoms with Crippen molar-refractivity contribution in [2.75, 3.05) is 20.2 Å². The monoisotopic (exact) mass is 290 g/mol. The summed E-state index contributed by atoms with van der Waals surface area (Å²) in [7, 11) is 1.67. The summed E-state index contributed by atoms with van der Waals surface area (Å²) in [6.45, 7) is 1.47. The summed E-state index contributed by atoms with van der Waals surface area (Å²) in [6, 6.07) is 8.31. The van der Waals surface area contributed by atoms with E-state index in [0.29, 0.717) is 13.0 Å². The van der Waals surface area contributed by atoms with Gasteiger partial charge in [0.25, 0.3) is 0 Å². The van der Waals surface area contributed by atoms with Crippen molar-refractivity contribution < 1.29 is 9.53 Å². The summed E-state index contributed by atoms with van der Waals surface area (Å²) in [4.78, 5) is 14.3. The highest BCUT2D eigenvalue weighted by molar-refractivity contribution is 5.76. The molecule has 1 aromatic rings. The first-order valence-electron chi connectivity index (χ1n) is 7.87. The summed E-state index contributed by atoms with van der Waals surface area (Å²) in [5.74, 6) is 1.13. The number of rotatable bonds is 6. The zero-order valence-corrected chi connectivity index (χ0v) is 12.9. The molecule has 4 nitrogen and oxygen atoms in total. The van der Waals surface area contributed by atoms with Gasteiger partial charge >= 0.3 is 0 Å². The molecule has 1 fully saturated rings. The van der Waals surface area contributed by atoms with Crippen LogP contribution in [0.4, 0.5) is 0 Å². The van der Waals surface area contributed by atoms with Gasteiger partial charge in [0.15, 0.2) is 0 Å². The number of carbonyl (C=O) groups excluding carboxylic acids is 1. The Morgan fingerprint density at radius 3 is 2.76 bits per heavy atom. The Hall–Kier alpha value is -1.55. The predicted molar refractivity (Wildman–Crippen MR) is 84.3 cm³/mol. The van der Waals surface area contributed by atoms with Gasteiger partial charge in [-0.2, -0.15) is 0 Å². The zero-order chi connectivity index (χ0) is 15.1. The predicted octanol–water partition coefficient (Wildman–Crippen LogP) is 2.36.